The van der Waals surface area contributed by atoms with Gasteiger partial charge in [0.1, 0.15) is 0 Å². The topological polar surface area (TPSA) is 0 Å². The van der Waals surface area contributed by atoms with Crippen molar-refractivity contribution in [2.75, 3.05) is 0 Å². The predicted octanol–water partition coefficient (Wildman–Crippen LogP) is 7.72. The van der Waals surface area contributed by atoms with E-state index in [1.807, 2.05) is 18.2 Å². The molecular formula is C26H27F3SiZr. The summed E-state index contributed by atoms with van der Waals surface area (Å²) in [4.78, 5) is 0. The summed E-state index contributed by atoms with van der Waals surface area (Å²) in [6, 6.07) is 9.58. The van der Waals surface area contributed by atoms with E-state index in [-0.39, 0.29) is 9.19 Å². The third-order valence-corrected chi connectivity index (χ3v) is 25.5. The first kappa shape index (κ1) is 22.7. The fourth-order valence-corrected chi connectivity index (χ4v) is 24.8. The van der Waals surface area contributed by atoms with Crippen LogP contribution in [0.15, 0.2) is 62.5 Å². The van der Waals surface area contributed by atoms with Crippen molar-refractivity contribution in [2.45, 2.75) is 44.4 Å². The van der Waals surface area contributed by atoms with Crippen molar-refractivity contribution in [1.82, 2.24) is 0 Å². The zero-order valence-corrected chi connectivity index (χ0v) is 22.3. The van der Waals surface area contributed by atoms with Crippen LogP contribution in [0.25, 0.3) is 5.57 Å². The Bertz CT molecular complexity index is 1210. The van der Waals surface area contributed by atoms with Crippen LogP contribution < -0.4 is 0 Å². The quantitative estimate of drug-likeness (QED) is 0.367. The van der Waals surface area contributed by atoms with Gasteiger partial charge in [-0.25, -0.2) is 0 Å². The van der Waals surface area contributed by atoms with E-state index in [2.05, 4.69) is 52.9 Å². The van der Waals surface area contributed by atoms with Gasteiger partial charge < -0.3 is 0 Å². The molecule has 31 heavy (non-hydrogen) atoms. The standard InChI is InChI=1S/C15H8F3.C9H13.C2H6Si.Zr/c16-10-7-13(17)15(14(18)8-10)12-6-5-9-3-1-2-4-11(9)12;1-6-5-7(2)9(4)8(6)3;1-3-2;/h1-8H;6H,1-4H3;1-2H3;. The van der Waals surface area contributed by atoms with Crippen molar-refractivity contribution >= 4 is 11.0 Å². The average Bonchev–Trinajstić information content (AvgIpc) is 3.15. The molecule has 0 spiro atoms. The van der Waals surface area contributed by atoms with Gasteiger partial charge in [0.15, 0.2) is 0 Å². The van der Waals surface area contributed by atoms with E-state index in [9.17, 15) is 13.2 Å². The summed E-state index contributed by atoms with van der Waals surface area (Å²) in [5.41, 5.74) is 6.28. The van der Waals surface area contributed by atoms with Crippen LogP contribution in [-0.2, 0) is 20.4 Å². The van der Waals surface area contributed by atoms with Crippen LogP contribution in [0.4, 0.5) is 13.2 Å². The van der Waals surface area contributed by atoms with Gasteiger partial charge in [-0.3, -0.25) is 0 Å². The van der Waals surface area contributed by atoms with Crippen LogP contribution in [0.2, 0.25) is 13.1 Å². The summed E-state index contributed by atoms with van der Waals surface area (Å²) >= 11 is -2.25. The maximum atomic E-state index is 14.8. The zero-order chi connectivity index (χ0) is 22.6. The molecule has 2 unspecified atom stereocenters. The molecule has 0 saturated heterocycles. The molecule has 2 aromatic rings. The Morgan fingerprint density at radius 1 is 0.903 bits per heavy atom. The minimum absolute atomic E-state index is 0.101. The Morgan fingerprint density at radius 3 is 2.06 bits per heavy atom. The van der Waals surface area contributed by atoms with Gasteiger partial charge in [-0.05, 0) is 0 Å². The average molecular weight is 516 g/mol. The number of allylic oxidation sites excluding steroid dienone is 5. The van der Waals surface area contributed by atoms with Gasteiger partial charge in [0.25, 0.3) is 0 Å². The second kappa shape index (κ2) is 8.48. The summed E-state index contributed by atoms with van der Waals surface area (Å²) in [6.07, 6.45) is 2.12. The molecule has 4 rings (SSSR count). The normalized spacial score (nSPS) is 20.4. The van der Waals surface area contributed by atoms with Gasteiger partial charge in [0, 0.05) is 0 Å². The van der Waals surface area contributed by atoms with E-state index in [1.165, 1.54) is 22.3 Å². The van der Waals surface area contributed by atoms with Crippen LogP contribution in [0, 0.1) is 23.4 Å². The van der Waals surface area contributed by atoms with Crippen molar-refractivity contribution in [3.8, 4) is 0 Å². The number of hydrogen-bond donors (Lipinski definition) is 0. The van der Waals surface area contributed by atoms with Crippen molar-refractivity contribution in [1.29, 1.82) is 0 Å². The summed E-state index contributed by atoms with van der Waals surface area (Å²) in [5.74, 6) is -2.09. The number of halogens is 3. The Morgan fingerprint density at radius 2 is 1.52 bits per heavy atom. The molecule has 5 heteroatoms. The van der Waals surface area contributed by atoms with Crippen molar-refractivity contribution < 1.29 is 33.5 Å². The molecule has 0 heterocycles. The van der Waals surface area contributed by atoms with Crippen molar-refractivity contribution in [2.24, 2.45) is 5.92 Å². The van der Waals surface area contributed by atoms with E-state index in [0.717, 1.165) is 17.7 Å². The first-order valence-corrected chi connectivity index (χ1v) is 19.5. The van der Waals surface area contributed by atoms with Gasteiger partial charge >= 0.3 is 191 Å². The molecule has 2 atom stereocenters. The number of fused-ring (bicyclic) bond motifs is 1. The van der Waals surface area contributed by atoms with Crippen LogP contribution in [0.5, 0.6) is 0 Å². The third-order valence-electron chi connectivity index (χ3n) is 6.98. The Hall–Kier alpha value is -1.45. The van der Waals surface area contributed by atoms with Gasteiger partial charge in [-0.15, -0.1) is 0 Å². The molecule has 2 aliphatic rings. The Kier molecular flexibility index (Phi) is 6.22. The van der Waals surface area contributed by atoms with E-state index in [1.54, 1.807) is 3.28 Å². The first-order chi connectivity index (χ1) is 14.6. The second-order valence-electron chi connectivity index (χ2n) is 8.87. The minimum atomic E-state index is -2.25. The molecule has 0 bridgehead atoms. The molecule has 0 amide bonds. The van der Waals surface area contributed by atoms with E-state index in [4.69, 9.17) is 0 Å². The van der Waals surface area contributed by atoms with Crippen molar-refractivity contribution in [3.05, 3.63) is 96.6 Å². The molecule has 0 N–H and O–H groups in total. The summed E-state index contributed by atoms with van der Waals surface area (Å²) < 4.78 is 45.0. The molecule has 0 radical (unpaired) electrons. The molecule has 0 nitrogen and oxygen atoms in total. The molecule has 160 valence electrons. The van der Waals surface area contributed by atoms with Crippen LogP contribution in [0.3, 0.4) is 0 Å². The maximum absolute atomic E-state index is 14.8. The van der Waals surface area contributed by atoms with E-state index >= 15 is 0 Å². The van der Waals surface area contributed by atoms with E-state index in [0.29, 0.717) is 11.5 Å². The Balaban J connectivity index is 1.95. The number of benzene rings is 2. The molecule has 0 saturated carbocycles. The van der Waals surface area contributed by atoms with Gasteiger partial charge in [0.05, 0.1) is 0 Å². The summed E-state index contributed by atoms with van der Waals surface area (Å²) in [5, 5.41) is 0. The van der Waals surface area contributed by atoms with Gasteiger partial charge in [-0.1, -0.05) is 0 Å². The third kappa shape index (κ3) is 3.72. The predicted molar refractivity (Wildman–Crippen MR) is 120 cm³/mol. The molecule has 2 aliphatic carbocycles. The number of hydrogen-bond acceptors (Lipinski definition) is 0. The Labute approximate surface area is 190 Å². The monoisotopic (exact) mass is 514 g/mol. The first-order valence-electron chi connectivity index (χ1n) is 10.7. The number of rotatable bonds is 3. The molecule has 0 fully saturated rings. The van der Waals surface area contributed by atoms with Crippen LogP contribution >= 0.6 is 0 Å². The van der Waals surface area contributed by atoms with Crippen molar-refractivity contribution in [3.63, 3.8) is 0 Å². The summed E-state index contributed by atoms with van der Waals surface area (Å²) in [6.45, 7) is 13.8. The molecule has 2 aromatic carbocycles. The zero-order valence-electron chi connectivity index (χ0n) is 18.8. The van der Waals surface area contributed by atoms with Gasteiger partial charge in [-0.2, -0.15) is 0 Å². The molecule has 0 aromatic heterocycles. The van der Waals surface area contributed by atoms with Crippen LogP contribution in [-0.4, -0.2) is 5.43 Å². The summed E-state index contributed by atoms with van der Waals surface area (Å²) in [7, 11) is 0. The molecular weight excluding hydrogens is 489 g/mol. The van der Waals surface area contributed by atoms with Crippen LogP contribution in [0.1, 0.15) is 48.0 Å². The molecule has 0 aliphatic heterocycles. The van der Waals surface area contributed by atoms with Gasteiger partial charge in [0.2, 0.25) is 0 Å². The second-order valence-corrected chi connectivity index (χ2v) is 26.3. The fraction of sp³-hybridized carbons (Fsp3) is 0.308. The van der Waals surface area contributed by atoms with E-state index < -0.39 is 43.3 Å². The fourth-order valence-electron chi connectivity index (χ4n) is 5.16. The SMILES string of the molecule is CC1=C(C)C(C)[C]([Zr]([CH]2C=C(c3c(F)cc(F)cc3F)c3ccccc32)=[Si](C)C)=C1C.